The molecule has 0 fully saturated rings. The van der Waals surface area contributed by atoms with Crippen LogP contribution in [0.5, 0.6) is 11.5 Å². The molecule has 0 N–H and O–H groups in total. The van der Waals surface area contributed by atoms with Gasteiger partial charge < -0.3 is 4.74 Å². The van der Waals surface area contributed by atoms with Crippen LogP contribution in [0.2, 0.25) is 0 Å². The second kappa shape index (κ2) is 7.81. The second-order valence-corrected chi connectivity index (χ2v) is 9.09. The van der Waals surface area contributed by atoms with E-state index in [4.69, 9.17) is 15.7 Å². The van der Waals surface area contributed by atoms with Gasteiger partial charge in [0.1, 0.15) is 11.5 Å². The van der Waals surface area contributed by atoms with E-state index >= 15 is 0 Å². The number of hydrogen-bond donors (Lipinski definition) is 0. The normalized spacial score (nSPS) is 15.0. The van der Waals surface area contributed by atoms with Crippen molar-refractivity contribution < 1.29 is 15.7 Å². The van der Waals surface area contributed by atoms with E-state index in [1.807, 2.05) is 48.5 Å². The summed E-state index contributed by atoms with van der Waals surface area (Å²) in [4.78, 5) is 0. The first-order valence-corrected chi connectivity index (χ1v) is 12.0. The van der Waals surface area contributed by atoms with Gasteiger partial charge in [-0.3, -0.25) is 0 Å². The van der Waals surface area contributed by atoms with Crippen LogP contribution in [0.1, 0.15) is 11.0 Å². The highest BCUT2D eigenvalue weighted by molar-refractivity contribution is 6.21. The Balaban J connectivity index is 1.61. The quantitative estimate of drug-likeness (QED) is 0.225. The zero-order valence-electron chi connectivity index (χ0n) is 27.5. The van der Waals surface area contributed by atoms with E-state index in [-0.39, 0.29) is 45.7 Å². The van der Waals surface area contributed by atoms with Gasteiger partial charge in [-0.05, 0) is 72.9 Å². The maximum absolute atomic E-state index is 9.14. The minimum atomic E-state index is -0.423. The molecular weight excluding hydrogens is 448 g/mol. The van der Waals surface area contributed by atoms with Crippen LogP contribution < -0.4 is 4.74 Å². The summed E-state index contributed by atoms with van der Waals surface area (Å²) in [5.74, 6) is 1.35. The van der Waals surface area contributed by atoms with E-state index in [0.717, 1.165) is 27.6 Å². The summed E-state index contributed by atoms with van der Waals surface area (Å²) < 4.78 is 77.1. The highest BCUT2D eigenvalue weighted by atomic mass is 16.5. The maximum Gasteiger partial charge on any atom is 0.135 e. The van der Waals surface area contributed by atoms with Crippen molar-refractivity contribution >= 4 is 32.3 Å². The predicted molar refractivity (Wildman–Crippen MR) is 155 cm³/mol. The lowest BCUT2D eigenvalue weighted by Crippen LogP contribution is -1.97. The first-order chi connectivity index (χ1) is 21.7. The molecular formula is C36H22O. The summed E-state index contributed by atoms with van der Waals surface area (Å²) in [7, 11) is 0. The third-order valence-electron chi connectivity index (χ3n) is 7.08. The summed E-state index contributed by atoms with van der Waals surface area (Å²) in [6.45, 7) is 0. The van der Waals surface area contributed by atoms with Crippen LogP contribution in [-0.4, -0.2) is 0 Å². The largest absolute Gasteiger partial charge is 0.456 e. The molecule has 0 bridgehead atoms. The van der Waals surface area contributed by atoms with Gasteiger partial charge in [-0.2, -0.15) is 0 Å². The van der Waals surface area contributed by atoms with Crippen LogP contribution in [0.3, 0.4) is 0 Å². The SMILES string of the molecule is [2H]c1c([2H])c([2H])c2c(-c3ccc4c(c3)-c3cccc5cccc(c35)O4)c3c([2H])c([2H])c([2H])c([2H])c3c(-c3ccccc3)c2c1[2H]. The molecule has 0 amide bonds. The molecule has 1 nitrogen and oxygen atoms in total. The molecule has 0 unspecified atom stereocenters. The van der Waals surface area contributed by atoms with Gasteiger partial charge in [-0.15, -0.1) is 0 Å². The highest BCUT2D eigenvalue weighted by Gasteiger charge is 2.22. The molecule has 0 saturated heterocycles. The topological polar surface area (TPSA) is 9.23 Å². The lowest BCUT2D eigenvalue weighted by Gasteiger charge is -2.23. The van der Waals surface area contributed by atoms with E-state index in [2.05, 4.69) is 0 Å². The van der Waals surface area contributed by atoms with Crippen LogP contribution in [0.4, 0.5) is 0 Å². The summed E-state index contributed by atoms with van der Waals surface area (Å²) in [6, 6.07) is 23.5. The lowest BCUT2D eigenvalue weighted by atomic mass is 9.85. The van der Waals surface area contributed by atoms with Crippen molar-refractivity contribution in [2.45, 2.75) is 0 Å². The zero-order valence-corrected chi connectivity index (χ0v) is 19.5. The Hall–Kier alpha value is -4.88. The van der Waals surface area contributed by atoms with Crippen molar-refractivity contribution in [1.29, 1.82) is 0 Å². The summed E-state index contributed by atoms with van der Waals surface area (Å²) in [5, 5.41) is 2.72. The molecule has 7 aromatic carbocycles. The van der Waals surface area contributed by atoms with Crippen molar-refractivity contribution in [2.75, 3.05) is 0 Å². The molecule has 0 aromatic heterocycles. The number of fused-ring (bicyclic) bond motifs is 4. The van der Waals surface area contributed by atoms with Crippen LogP contribution >= 0.6 is 0 Å². The number of benzene rings is 7. The van der Waals surface area contributed by atoms with Gasteiger partial charge in [0.25, 0.3) is 0 Å². The third-order valence-corrected chi connectivity index (χ3v) is 7.08. The van der Waals surface area contributed by atoms with Crippen LogP contribution in [0.15, 0.2) is 133 Å². The van der Waals surface area contributed by atoms with Gasteiger partial charge in [0.15, 0.2) is 0 Å². The molecule has 0 aliphatic carbocycles. The predicted octanol–water partition coefficient (Wildman–Crippen LogP) is 10.3. The summed E-state index contributed by atoms with van der Waals surface area (Å²) >= 11 is 0. The molecule has 37 heavy (non-hydrogen) atoms. The molecule has 1 aliphatic heterocycles. The summed E-state index contributed by atoms with van der Waals surface area (Å²) in [5.41, 5.74) is 3.47. The number of rotatable bonds is 2. The van der Waals surface area contributed by atoms with Crippen molar-refractivity contribution in [3.05, 3.63) is 133 Å². The van der Waals surface area contributed by atoms with Gasteiger partial charge in [-0.25, -0.2) is 0 Å². The zero-order chi connectivity index (χ0) is 31.3. The summed E-state index contributed by atoms with van der Waals surface area (Å²) in [6.07, 6.45) is 0. The van der Waals surface area contributed by atoms with Crippen LogP contribution in [0, 0.1) is 0 Å². The van der Waals surface area contributed by atoms with Gasteiger partial charge in [0.2, 0.25) is 0 Å². The van der Waals surface area contributed by atoms with E-state index in [1.54, 1.807) is 36.4 Å². The van der Waals surface area contributed by atoms with Gasteiger partial charge in [0.05, 0.1) is 11.0 Å². The van der Waals surface area contributed by atoms with Crippen molar-refractivity contribution in [3.8, 4) is 44.9 Å². The molecule has 1 aliphatic rings. The molecule has 0 spiro atoms. The Morgan fingerprint density at radius 3 is 1.78 bits per heavy atom. The Morgan fingerprint density at radius 1 is 0.486 bits per heavy atom. The average Bonchev–Trinajstić information content (AvgIpc) is 3.07. The Kier molecular flexibility index (Phi) is 2.96. The fraction of sp³-hybridized carbons (Fsp3) is 0. The number of hydrogen-bond acceptors (Lipinski definition) is 1. The Bertz CT molecular complexity index is 2350. The minimum absolute atomic E-state index is 0.188. The molecule has 0 radical (unpaired) electrons. The monoisotopic (exact) mass is 478 g/mol. The molecule has 0 atom stereocenters. The van der Waals surface area contributed by atoms with E-state index < -0.39 is 24.2 Å². The third kappa shape index (κ3) is 2.98. The van der Waals surface area contributed by atoms with Crippen molar-refractivity contribution in [1.82, 2.24) is 0 Å². The van der Waals surface area contributed by atoms with Crippen LogP contribution in [-0.2, 0) is 0 Å². The Morgan fingerprint density at radius 2 is 1.11 bits per heavy atom. The lowest BCUT2D eigenvalue weighted by molar-refractivity contribution is 0.487. The first-order valence-electron chi connectivity index (χ1n) is 16.0. The fourth-order valence-electron chi connectivity index (χ4n) is 5.53. The standard InChI is InChI=1S/C36H22O/c1-2-10-23(11-3-1)34-26-14-4-6-16-28(26)35(29-17-7-5-15-27(29)34)25-20-21-32-31(22-25)30-18-8-12-24-13-9-19-33(37-32)36(24)30/h1-22H/i4D,5D,6D,7D,14D,15D,16D,17D. The molecule has 1 heterocycles. The maximum atomic E-state index is 9.14. The molecule has 7 aromatic rings. The van der Waals surface area contributed by atoms with Gasteiger partial charge in [-0.1, -0.05) is 115 Å². The van der Waals surface area contributed by atoms with Crippen LogP contribution in [0.25, 0.3) is 65.7 Å². The van der Waals surface area contributed by atoms with E-state index in [9.17, 15) is 0 Å². The Labute approximate surface area is 226 Å². The van der Waals surface area contributed by atoms with Gasteiger partial charge >= 0.3 is 0 Å². The fourth-order valence-corrected chi connectivity index (χ4v) is 5.53. The van der Waals surface area contributed by atoms with Gasteiger partial charge in [0, 0.05) is 10.9 Å². The number of ether oxygens (including phenoxy) is 1. The molecule has 1 heteroatoms. The van der Waals surface area contributed by atoms with Crippen molar-refractivity contribution in [2.24, 2.45) is 0 Å². The highest BCUT2D eigenvalue weighted by Crippen LogP contribution is 2.49. The van der Waals surface area contributed by atoms with E-state index in [1.165, 1.54) is 0 Å². The molecule has 8 rings (SSSR count). The van der Waals surface area contributed by atoms with Crippen molar-refractivity contribution in [3.63, 3.8) is 0 Å². The van der Waals surface area contributed by atoms with E-state index in [0.29, 0.717) is 28.0 Å². The minimum Gasteiger partial charge on any atom is -0.456 e. The molecule has 172 valence electrons. The second-order valence-electron chi connectivity index (χ2n) is 9.09. The molecule has 0 saturated carbocycles. The average molecular weight is 479 g/mol. The smallest absolute Gasteiger partial charge is 0.135 e. The first kappa shape index (κ1) is 14.0.